The second-order valence-corrected chi connectivity index (χ2v) is 6.88. The maximum Gasteiger partial charge on any atom is 0.348 e. The molecule has 4 N–H and O–H groups in total. The Hall–Kier alpha value is -3.98. The molecule has 0 unspecified atom stereocenters. The second-order valence-electron chi connectivity index (χ2n) is 5.20. The molecule has 0 fully saturated rings. The first-order valence-corrected chi connectivity index (χ1v) is 9.03. The molecule has 15 heteroatoms. The van der Waals surface area contributed by atoms with Crippen LogP contribution in [0.5, 0.6) is 5.75 Å². The molecule has 14 nitrogen and oxygen atoms in total. The third kappa shape index (κ3) is 5.50. The zero-order valence-electron chi connectivity index (χ0n) is 14.6. The molecule has 2 amide bonds. The van der Waals surface area contributed by atoms with Crippen LogP contribution in [0, 0.1) is 20.2 Å². The highest BCUT2D eigenvalue weighted by atomic mass is 32.2. The van der Waals surface area contributed by atoms with Crippen molar-refractivity contribution in [3.63, 3.8) is 0 Å². The van der Waals surface area contributed by atoms with Crippen molar-refractivity contribution in [3.05, 3.63) is 62.7 Å². The summed E-state index contributed by atoms with van der Waals surface area (Å²) < 4.78 is 29.1. The summed E-state index contributed by atoms with van der Waals surface area (Å²) in [5.74, 6) is 0.434. The molecule has 0 radical (unpaired) electrons. The summed E-state index contributed by atoms with van der Waals surface area (Å²) in [4.78, 5) is 33.4. The normalized spacial score (nSPS) is 10.7. The summed E-state index contributed by atoms with van der Waals surface area (Å²) in [7, 11) is -2.68. The van der Waals surface area contributed by atoms with Gasteiger partial charge in [-0.05, 0) is 30.3 Å². The molecule has 0 bridgehead atoms. The van der Waals surface area contributed by atoms with Crippen molar-refractivity contribution in [2.24, 2.45) is 0 Å². The number of carbonyl (C=O) groups is 1. The van der Waals surface area contributed by atoms with Crippen LogP contribution in [0.25, 0.3) is 0 Å². The number of amides is 2. The predicted octanol–water partition coefficient (Wildman–Crippen LogP) is 1.03. The van der Waals surface area contributed by atoms with Crippen molar-refractivity contribution in [1.82, 2.24) is 15.7 Å². The molecular weight excluding hydrogens is 412 g/mol. The van der Waals surface area contributed by atoms with Crippen LogP contribution in [-0.4, -0.2) is 31.4 Å². The Labute approximate surface area is 163 Å². The van der Waals surface area contributed by atoms with E-state index in [2.05, 4.69) is 5.43 Å². The van der Waals surface area contributed by atoms with Gasteiger partial charge in [0, 0.05) is 6.07 Å². The molecule has 2 aromatic carbocycles. The standard InChI is InChI=1S/C14H14N6O8S/c1-28-10-3-5-11(6-4-10)29(26,27)18-17-14(21)16-15-12-7-2-9(19(22)23)8-13(12)20(24)25/h2-8,15,18H,1H3,(H2,16,17,21). The molecule has 0 aliphatic rings. The van der Waals surface area contributed by atoms with Gasteiger partial charge in [-0.2, -0.15) is 0 Å². The molecule has 0 saturated carbocycles. The van der Waals surface area contributed by atoms with E-state index in [0.29, 0.717) is 11.8 Å². The Bertz CT molecular complexity index is 1040. The van der Waals surface area contributed by atoms with Gasteiger partial charge in [0.2, 0.25) is 0 Å². The average Bonchev–Trinajstić information content (AvgIpc) is 2.70. The molecule has 0 saturated heterocycles. The summed E-state index contributed by atoms with van der Waals surface area (Å²) in [6.07, 6.45) is 0. The van der Waals surface area contributed by atoms with E-state index in [0.717, 1.165) is 12.1 Å². The SMILES string of the molecule is COc1ccc(S(=O)(=O)NNC(=O)NNc2ccc([N+](=O)[O-])cc2[N+](=O)[O-])cc1. The number of anilines is 1. The van der Waals surface area contributed by atoms with Gasteiger partial charge in [0.1, 0.15) is 11.4 Å². The van der Waals surface area contributed by atoms with Gasteiger partial charge < -0.3 is 4.74 Å². The lowest BCUT2D eigenvalue weighted by atomic mass is 10.2. The quantitative estimate of drug-likeness (QED) is 0.352. The first kappa shape index (κ1) is 21.3. The van der Waals surface area contributed by atoms with E-state index in [1.54, 1.807) is 0 Å². The first-order chi connectivity index (χ1) is 13.6. The molecule has 0 atom stereocenters. The van der Waals surface area contributed by atoms with E-state index < -0.39 is 37.3 Å². The van der Waals surface area contributed by atoms with Crippen LogP contribution in [0.3, 0.4) is 0 Å². The Morgan fingerprint density at radius 2 is 1.66 bits per heavy atom. The monoisotopic (exact) mass is 426 g/mol. The van der Waals surface area contributed by atoms with E-state index in [4.69, 9.17) is 4.74 Å². The number of nitrogens with zero attached hydrogens (tertiary/aromatic N) is 2. The molecule has 2 aromatic rings. The van der Waals surface area contributed by atoms with Crippen molar-refractivity contribution in [3.8, 4) is 5.75 Å². The number of non-ortho nitro benzene ring substituents is 1. The number of nitro benzene ring substituents is 2. The maximum absolute atomic E-state index is 12.1. The number of hydrogen-bond acceptors (Lipinski definition) is 9. The molecule has 0 spiro atoms. The number of hydrazine groups is 2. The van der Waals surface area contributed by atoms with Crippen molar-refractivity contribution in [1.29, 1.82) is 0 Å². The van der Waals surface area contributed by atoms with Gasteiger partial charge in [-0.3, -0.25) is 36.5 Å². The lowest BCUT2D eigenvalue weighted by Crippen LogP contribution is -2.48. The number of carbonyl (C=O) groups excluding carboxylic acids is 1. The maximum atomic E-state index is 12.1. The van der Waals surface area contributed by atoms with Crippen LogP contribution in [-0.2, 0) is 10.0 Å². The molecule has 2 rings (SSSR count). The van der Waals surface area contributed by atoms with Crippen LogP contribution in [0.1, 0.15) is 0 Å². The summed E-state index contributed by atoms with van der Waals surface area (Å²) in [6.45, 7) is 0. The van der Waals surface area contributed by atoms with Crippen LogP contribution in [0.4, 0.5) is 21.9 Å². The summed E-state index contributed by atoms with van der Waals surface area (Å²) in [5.41, 5.74) is 4.54. The minimum absolute atomic E-state index is 0.155. The van der Waals surface area contributed by atoms with Gasteiger partial charge in [0.25, 0.3) is 15.7 Å². The highest BCUT2D eigenvalue weighted by Crippen LogP contribution is 2.28. The topological polar surface area (TPSA) is 195 Å². The number of sulfonamides is 1. The van der Waals surface area contributed by atoms with Gasteiger partial charge in [0.05, 0.1) is 27.9 Å². The van der Waals surface area contributed by atoms with Crippen LogP contribution in [0.2, 0.25) is 0 Å². The third-order valence-electron chi connectivity index (χ3n) is 3.37. The predicted molar refractivity (Wildman–Crippen MR) is 98.4 cm³/mol. The smallest absolute Gasteiger partial charge is 0.348 e. The molecule has 0 heterocycles. The minimum atomic E-state index is -4.09. The number of rotatable bonds is 8. The minimum Gasteiger partial charge on any atom is -0.497 e. The fourth-order valence-electron chi connectivity index (χ4n) is 1.97. The molecule has 0 aliphatic heterocycles. The Kier molecular flexibility index (Phi) is 6.47. The highest BCUT2D eigenvalue weighted by molar-refractivity contribution is 7.89. The fourth-order valence-corrected chi connectivity index (χ4v) is 2.81. The molecule has 0 aromatic heterocycles. The Balaban J connectivity index is 1.99. The molecule has 154 valence electrons. The van der Waals surface area contributed by atoms with Crippen molar-refractivity contribution in [2.45, 2.75) is 4.90 Å². The number of urea groups is 1. The first-order valence-electron chi connectivity index (χ1n) is 7.54. The third-order valence-corrected chi connectivity index (χ3v) is 4.63. The zero-order valence-corrected chi connectivity index (χ0v) is 15.4. The molecule has 0 aliphatic carbocycles. The van der Waals surface area contributed by atoms with Crippen molar-refractivity contribution >= 4 is 33.1 Å². The molecular formula is C14H14N6O8S. The number of methoxy groups -OCH3 is 1. The van der Waals surface area contributed by atoms with Gasteiger partial charge in [-0.1, -0.05) is 0 Å². The van der Waals surface area contributed by atoms with Crippen LogP contribution in [0.15, 0.2) is 47.4 Å². The number of nitrogens with one attached hydrogen (secondary N) is 4. The van der Waals surface area contributed by atoms with E-state index in [1.165, 1.54) is 31.4 Å². The van der Waals surface area contributed by atoms with Gasteiger partial charge in [-0.25, -0.2) is 13.2 Å². The van der Waals surface area contributed by atoms with Crippen LogP contribution < -0.4 is 25.8 Å². The number of benzene rings is 2. The van der Waals surface area contributed by atoms with E-state index in [9.17, 15) is 33.4 Å². The summed E-state index contributed by atoms with van der Waals surface area (Å²) in [6, 6.07) is 6.91. The Morgan fingerprint density at radius 1 is 1.00 bits per heavy atom. The molecule has 29 heavy (non-hydrogen) atoms. The van der Waals surface area contributed by atoms with Crippen molar-refractivity contribution in [2.75, 3.05) is 12.5 Å². The average molecular weight is 426 g/mol. The lowest BCUT2D eigenvalue weighted by molar-refractivity contribution is -0.393. The van der Waals surface area contributed by atoms with Crippen molar-refractivity contribution < 1.29 is 27.8 Å². The summed E-state index contributed by atoms with van der Waals surface area (Å²) in [5, 5.41) is 21.7. The number of nitro groups is 2. The highest BCUT2D eigenvalue weighted by Gasteiger charge is 2.20. The fraction of sp³-hybridized carbons (Fsp3) is 0.0714. The Morgan fingerprint density at radius 3 is 2.21 bits per heavy atom. The van der Waals surface area contributed by atoms with Crippen LogP contribution >= 0.6 is 0 Å². The van der Waals surface area contributed by atoms with E-state index in [-0.39, 0.29) is 10.6 Å². The lowest BCUT2D eigenvalue weighted by Gasteiger charge is -2.11. The number of ether oxygens (including phenoxy) is 1. The van der Waals surface area contributed by atoms with E-state index in [1.807, 2.05) is 15.7 Å². The second kappa shape index (κ2) is 8.81. The number of hydrogen-bond donors (Lipinski definition) is 4. The summed E-state index contributed by atoms with van der Waals surface area (Å²) >= 11 is 0. The van der Waals surface area contributed by atoms with Gasteiger partial charge in [0.15, 0.2) is 0 Å². The van der Waals surface area contributed by atoms with Gasteiger partial charge in [-0.15, -0.1) is 4.83 Å². The largest absolute Gasteiger partial charge is 0.497 e. The van der Waals surface area contributed by atoms with Gasteiger partial charge >= 0.3 is 11.7 Å². The zero-order chi connectivity index (χ0) is 21.6. The van der Waals surface area contributed by atoms with E-state index >= 15 is 0 Å².